The Morgan fingerprint density at radius 2 is 1.05 bits per heavy atom. The summed E-state index contributed by atoms with van der Waals surface area (Å²) in [6.45, 7) is 5.20. The fraction of sp³-hybridized carbons (Fsp3) is 1.00. The quantitative estimate of drug-likeness (QED) is 0.255. The Kier molecular flexibility index (Phi) is 17.9. The predicted molar refractivity (Wildman–Crippen MR) is 92.6 cm³/mol. The van der Waals surface area contributed by atoms with Crippen molar-refractivity contribution in [1.29, 1.82) is 0 Å². The van der Waals surface area contributed by atoms with Crippen LogP contribution in [0, 0.1) is 0 Å². The van der Waals surface area contributed by atoms with Gasteiger partial charge in [-0.25, -0.2) is 0 Å². The molecule has 0 heterocycles. The van der Waals surface area contributed by atoms with Crippen LogP contribution in [0.4, 0.5) is 0 Å². The van der Waals surface area contributed by atoms with Crippen molar-refractivity contribution >= 4 is 0 Å². The van der Waals surface area contributed by atoms with Gasteiger partial charge < -0.3 is 9.84 Å². The summed E-state index contributed by atoms with van der Waals surface area (Å²) in [7, 11) is 0. The van der Waals surface area contributed by atoms with Crippen molar-refractivity contribution in [2.45, 2.75) is 116 Å². The van der Waals surface area contributed by atoms with Gasteiger partial charge >= 0.3 is 0 Å². The van der Waals surface area contributed by atoms with Crippen molar-refractivity contribution in [1.82, 2.24) is 0 Å². The standard InChI is InChI=1S/C19H40O2/c1-3-5-7-9-10-11-12-13-14-16-18-21-19(20)17-15-8-6-4-2/h19-20H,3-18H2,1-2H3. The van der Waals surface area contributed by atoms with Crippen molar-refractivity contribution in [2.24, 2.45) is 0 Å². The first-order valence-electron chi connectivity index (χ1n) is 9.61. The maximum atomic E-state index is 9.67. The molecule has 0 aliphatic heterocycles. The molecule has 0 saturated carbocycles. The molecule has 0 fully saturated rings. The minimum atomic E-state index is -0.527. The number of aliphatic hydroxyl groups excluding tert-OH is 1. The second-order valence-electron chi connectivity index (χ2n) is 6.36. The van der Waals surface area contributed by atoms with E-state index in [1.54, 1.807) is 0 Å². The summed E-state index contributed by atoms with van der Waals surface area (Å²) in [6, 6.07) is 0. The van der Waals surface area contributed by atoms with Gasteiger partial charge in [-0.15, -0.1) is 0 Å². The Labute approximate surface area is 133 Å². The lowest BCUT2D eigenvalue weighted by atomic mass is 10.1. The molecule has 1 N–H and O–H groups in total. The van der Waals surface area contributed by atoms with E-state index in [0.717, 1.165) is 25.9 Å². The minimum Gasteiger partial charge on any atom is -0.368 e. The smallest absolute Gasteiger partial charge is 0.154 e. The molecule has 21 heavy (non-hydrogen) atoms. The molecular weight excluding hydrogens is 260 g/mol. The van der Waals surface area contributed by atoms with Gasteiger partial charge in [0.25, 0.3) is 0 Å². The zero-order chi connectivity index (χ0) is 15.6. The maximum absolute atomic E-state index is 9.67. The topological polar surface area (TPSA) is 29.5 Å². The van der Waals surface area contributed by atoms with Gasteiger partial charge in [0.1, 0.15) is 0 Å². The van der Waals surface area contributed by atoms with Gasteiger partial charge in [0.05, 0.1) is 0 Å². The van der Waals surface area contributed by atoms with Crippen LogP contribution in [-0.2, 0) is 4.74 Å². The number of unbranched alkanes of at least 4 members (excludes halogenated alkanes) is 12. The lowest BCUT2D eigenvalue weighted by molar-refractivity contribution is -0.105. The summed E-state index contributed by atoms with van der Waals surface area (Å²) in [5.74, 6) is 0. The summed E-state index contributed by atoms with van der Waals surface area (Å²) in [5.41, 5.74) is 0. The molecule has 2 nitrogen and oxygen atoms in total. The number of aliphatic hydroxyl groups is 1. The zero-order valence-corrected chi connectivity index (χ0v) is 14.7. The van der Waals surface area contributed by atoms with Crippen LogP contribution in [0.1, 0.15) is 110 Å². The van der Waals surface area contributed by atoms with Crippen LogP contribution < -0.4 is 0 Å². The Balaban J connectivity index is 3.07. The molecule has 0 spiro atoms. The normalized spacial score (nSPS) is 12.7. The van der Waals surface area contributed by atoms with Crippen LogP contribution in [0.2, 0.25) is 0 Å². The first-order chi connectivity index (χ1) is 10.3. The molecule has 0 radical (unpaired) electrons. The Bertz CT molecular complexity index is 182. The average Bonchev–Trinajstić information content (AvgIpc) is 2.49. The van der Waals surface area contributed by atoms with Gasteiger partial charge in [0, 0.05) is 6.61 Å². The van der Waals surface area contributed by atoms with E-state index < -0.39 is 6.29 Å². The molecular formula is C19H40O2. The maximum Gasteiger partial charge on any atom is 0.154 e. The largest absolute Gasteiger partial charge is 0.368 e. The zero-order valence-electron chi connectivity index (χ0n) is 14.7. The van der Waals surface area contributed by atoms with Gasteiger partial charge in [0.15, 0.2) is 6.29 Å². The summed E-state index contributed by atoms with van der Waals surface area (Å²) in [4.78, 5) is 0. The van der Waals surface area contributed by atoms with E-state index in [4.69, 9.17) is 4.74 Å². The van der Waals surface area contributed by atoms with Crippen LogP contribution in [0.25, 0.3) is 0 Å². The first-order valence-corrected chi connectivity index (χ1v) is 9.61. The van der Waals surface area contributed by atoms with Gasteiger partial charge in [-0.2, -0.15) is 0 Å². The molecule has 2 heteroatoms. The second-order valence-corrected chi connectivity index (χ2v) is 6.36. The van der Waals surface area contributed by atoms with Crippen LogP contribution >= 0.6 is 0 Å². The molecule has 0 aliphatic rings. The summed E-state index contributed by atoms with van der Waals surface area (Å²) >= 11 is 0. The van der Waals surface area contributed by atoms with Gasteiger partial charge in [-0.1, -0.05) is 90.9 Å². The van der Waals surface area contributed by atoms with E-state index in [1.165, 1.54) is 77.0 Å². The van der Waals surface area contributed by atoms with E-state index in [0.29, 0.717) is 0 Å². The average molecular weight is 301 g/mol. The van der Waals surface area contributed by atoms with Crippen molar-refractivity contribution in [3.63, 3.8) is 0 Å². The highest BCUT2D eigenvalue weighted by Crippen LogP contribution is 2.11. The Morgan fingerprint density at radius 1 is 0.619 bits per heavy atom. The van der Waals surface area contributed by atoms with Crippen molar-refractivity contribution in [2.75, 3.05) is 6.61 Å². The van der Waals surface area contributed by atoms with E-state index in [2.05, 4.69) is 13.8 Å². The van der Waals surface area contributed by atoms with Crippen LogP contribution in [-0.4, -0.2) is 18.0 Å². The monoisotopic (exact) mass is 300 g/mol. The number of ether oxygens (including phenoxy) is 1. The third kappa shape index (κ3) is 17.9. The lowest BCUT2D eigenvalue weighted by Gasteiger charge is -2.11. The highest BCUT2D eigenvalue weighted by atomic mass is 16.6. The summed E-state index contributed by atoms with van der Waals surface area (Å²) in [6.07, 6.45) is 18.5. The van der Waals surface area contributed by atoms with E-state index >= 15 is 0 Å². The molecule has 128 valence electrons. The molecule has 0 rings (SSSR count). The van der Waals surface area contributed by atoms with Crippen molar-refractivity contribution in [3.8, 4) is 0 Å². The number of rotatable bonds is 17. The van der Waals surface area contributed by atoms with Gasteiger partial charge in [-0.05, 0) is 19.3 Å². The van der Waals surface area contributed by atoms with Gasteiger partial charge in [-0.3, -0.25) is 0 Å². The second kappa shape index (κ2) is 18.0. The van der Waals surface area contributed by atoms with E-state index in [9.17, 15) is 5.11 Å². The molecule has 0 aromatic heterocycles. The predicted octanol–water partition coefficient (Wildman–Crippen LogP) is 6.21. The highest BCUT2D eigenvalue weighted by Gasteiger charge is 2.03. The van der Waals surface area contributed by atoms with Crippen molar-refractivity contribution < 1.29 is 9.84 Å². The summed E-state index contributed by atoms with van der Waals surface area (Å²) < 4.78 is 5.45. The molecule has 0 aliphatic carbocycles. The lowest BCUT2D eigenvalue weighted by Crippen LogP contribution is -2.12. The molecule has 1 unspecified atom stereocenters. The highest BCUT2D eigenvalue weighted by molar-refractivity contribution is 4.49. The van der Waals surface area contributed by atoms with E-state index in [-0.39, 0.29) is 0 Å². The minimum absolute atomic E-state index is 0.527. The molecule has 0 aromatic carbocycles. The van der Waals surface area contributed by atoms with Crippen LogP contribution in [0.5, 0.6) is 0 Å². The van der Waals surface area contributed by atoms with E-state index in [1.807, 2.05) is 0 Å². The number of hydrogen-bond acceptors (Lipinski definition) is 2. The SMILES string of the molecule is CCCCCCCCCCCCOC(O)CCCCCC. The van der Waals surface area contributed by atoms with Gasteiger partial charge in [0.2, 0.25) is 0 Å². The first kappa shape index (κ1) is 20.9. The Morgan fingerprint density at radius 3 is 1.57 bits per heavy atom. The van der Waals surface area contributed by atoms with Crippen LogP contribution in [0.15, 0.2) is 0 Å². The molecule has 0 saturated heterocycles. The fourth-order valence-electron chi connectivity index (χ4n) is 2.64. The van der Waals surface area contributed by atoms with Crippen LogP contribution in [0.3, 0.4) is 0 Å². The number of hydrogen-bond donors (Lipinski definition) is 1. The molecule has 0 amide bonds. The Hall–Kier alpha value is -0.0800. The summed E-state index contributed by atoms with van der Waals surface area (Å²) in [5, 5.41) is 9.67. The third-order valence-corrected chi connectivity index (χ3v) is 4.11. The van der Waals surface area contributed by atoms with Crippen molar-refractivity contribution in [3.05, 3.63) is 0 Å². The fourth-order valence-corrected chi connectivity index (χ4v) is 2.64. The third-order valence-electron chi connectivity index (χ3n) is 4.11. The molecule has 0 bridgehead atoms. The molecule has 1 atom stereocenters. The molecule has 0 aromatic rings.